The SMILES string of the molecule is CCCCCCCCNC(=O)N(CC(=O)O)C(C)C. The van der Waals surface area contributed by atoms with E-state index in [1.54, 1.807) is 0 Å². The van der Waals surface area contributed by atoms with Crippen molar-refractivity contribution in [2.75, 3.05) is 13.1 Å². The van der Waals surface area contributed by atoms with E-state index in [0.717, 1.165) is 12.8 Å². The predicted octanol–water partition coefficient (Wildman–Crippen LogP) is 2.85. The summed E-state index contributed by atoms with van der Waals surface area (Å²) in [5.74, 6) is -0.983. The molecule has 0 bridgehead atoms. The van der Waals surface area contributed by atoms with Crippen LogP contribution in [0.3, 0.4) is 0 Å². The topological polar surface area (TPSA) is 69.6 Å². The lowest BCUT2D eigenvalue weighted by molar-refractivity contribution is -0.138. The maximum Gasteiger partial charge on any atom is 0.323 e. The number of carboxylic acid groups (broad SMARTS) is 1. The lowest BCUT2D eigenvalue weighted by atomic mass is 10.1. The van der Waals surface area contributed by atoms with E-state index in [4.69, 9.17) is 5.11 Å². The maximum absolute atomic E-state index is 11.8. The summed E-state index contributed by atoms with van der Waals surface area (Å²) in [6, 6.07) is -0.397. The van der Waals surface area contributed by atoms with E-state index in [9.17, 15) is 9.59 Å². The van der Waals surface area contributed by atoms with E-state index >= 15 is 0 Å². The molecule has 0 aromatic heterocycles. The first-order valence-electron chi connectivity index (χ1n) is 7.25. The third-order valence-corrected chi connectivity index (χ3v) is 3.00. The van der Waals surface area contributed by atoms with Crippen LogP contribution in [0, 0.1) is 0 Å². The second kappa shape index (κ2) is 10.6. The Labute approximate surface area is 116 Å². The Morgan fingerprint density at radius 2 is 1.68 bits per heavy atom. The molecule has 0 fully saturated rings. The van der Waals surface area contributed by atoms with Crippen molar-refractivity contribution in [3.8, 4) is 0 Å². The number of carboxylic acids is 1. The number of amides is 2. The zero-order valence-electron chi connectivity index (χ0n) is 12.4. The van der Waals surface area contributed by atoms with Gasteiger partial charge in [0, 0.05) is 12.6 Å². The minimum atomic E-state index is -0.983. The zero-order chi connectivity index (χ0) is 14.7. The predicted molar refractivity (Wildman–Crippen MR) is 76.3 cm³/mol. The van der Waals surface area contributed by atoms with Crippen LogP contribution in [0.4, 0.5) is 4.79 Å². The van der Waals surface area contributed by atoms with Gasteiger partial charge in [-0.2, -0.15) is 0 Å². The van der Waals surface area contributed by atoms with Gasteiger partial charge in [0.2, 0.25) is 0 Å². The molecule has 0 aliphatic carbocycles. The van der Waals surface area contributed by atoms with E-state index < -0.39 is 5.97 Å². The van der Waals surface area contributed by atoms with Crippen LogP contribution < -0.4 is 5.32 Å². The van der Waals surface area contributed by atoms with Crippen LogP contribution >= 0.6 is 0 Å². The van der Waals surface area contributed by atoms with Crippen molar-refractivity contribution in [1.29, 1.82) is 0 Å². The molecule has 0 saturated heterocycles. The summed E-state index contributed by atoms with van der Waals surface area (Å²) in [6.07, 6.45) is 7.02. The summed E-state index contributed by atoms with van der Waals surface area (Å²) in [5, 5.41) is 11.5. The number of nitrogens with zero attached hydrogens (tertiary/aromatic N) is 1. The molecular weight excluding hydrogens is 244 g/mol. The molecule has 0 atom stereocenters. The number of carbonyl (C=O) groups excluding carboxylic acids is 1. The average molecular weight is 272 g/mol. The van der Waals surface area contributed by atoms with E-state index in [0.29, 0.717) is 6.54 Å². The third kappa shape index (κ3) is 9.33. The fourth-order valence-corrected chi connectivity index (χ4v) is 1.84. The minimum Gasteiger partial charge on any atom is -0.480 e. The molecule has 0 unspecified atom stereocenters. The summed E-state index contributed by atoms with van der Waals surface area (Å²) in [5.41, 5.74) is 0. The first-order valence-corrected chi connectivity index (χ1v) is 7.25. The van der Waals surface area contributed by atoms with Gasteiger partial charge in [-0.1, -0.05) is 39.0 Å². The molecule has 19 heavy (non-hydrogen) atoms. The third-order valence-electron chi connectivity index (χ3n) is 3.00. The van der Waals surface area contributed by atoms with E-state index in [-0.39, 0.29) is 18.6 Å². The number of hydrogen-bond acceptors (Lipinski definition) is 2. The molecule has 2 amide bonds. The number of carbonyl (C=O) groups is 2. The van der Waals surface area contributed by atoms with Gasteiger partial charge in [-0.05, 0) is 20.3 Å². The van der Waals surface area contributed by atoms with Crippen LogP contribution in [0.25, 0.3) is 0 Å². The van der Waals surface area contributed by atoms with Crippen LogP contribution in [0.1, 0.15) is 59.3 Å². The molecule has 0 radical (unpaired) electrons. The Balaban J connectivity index is 3.78. The second-order valence-electron chi connectivity index (χ2n) is 5.12. The van der Waals surface area contributed by atoms with Gasteiger partial charge in [-0.15, -0.1) is 0 Å². The van der Waals surface area contributed by atoms with Gasteiger partial charge >= 0.3 is 12.0 Å². The number of urea groups is 1. The van der Waals surface area contributed by atoms with Gasteiger partial charge in [0.05, 0.1) is 0 Å². The molecule has 0 aliphatic heterocycles. The van der Waals surface area contributed by atoms with Gasteiger partial charge in [-0.3, -0.25) is 4.79 Å². The molecule has 0 aromatic rings. The summed E-state index contributed by atoms with van der Waals surface area (Å²) >= 11 is 0. The smallest absolute Gasteiger partial charge is 0.323 e. The average Bonchev–Trinajstić information content (AvgIpc) is 2.34. The standard InChI is InChI=1S/C14H28N2O3/c1-4-5-6-7-8-9-10-15-14(19)16(12(2)3)11-13(17)18/h12H,4-11H2,1-3H3,(H,15,19)(H,17,18). The van der Waals surface area contributed by atoms with Gasteiger partial charge in [-0.25, -0.2) is 4.79 Å². The largest absolute Gasteiger partial charge is 0.480 e. The molecule has 0 rings (SSSR count). The lowest BCUT2D eigenvalue weighted by Gasteiger charge is -2.25. The normalized spacial score (nSPS) is 10.5. The Morgan fingerprint density at radius 1 is 1.11 bits per heavy atom. The van der Waals surface area contributed by atoms with Crippen molar-refractivity contribution < 1.29 is 14.7 Å². The highest BCUT2D eigenvalue weighted by molar-refractivity contribution is 5.80. The maximum atomic E-state index is 11.8. The second-order valence-corrected chi connectivity index (χ2v) is 5.12. The van der Waals surface area contributed by atoms with Crippen molar-refractivity contribution in [1.82, 2.24) is 10.2 Å². The van der Waals surface area contributed by atoms with Crippen LogP contribution in [0.15, 0.2) is 0 Å². The highest BCUT2D eigenvalue weighted by Crippen LogP contribution is 2.04. The molecule has 0 aliphatic rings. The van der Waals surface area contributed by atoms with Crippen LogP contribution in [-0.2, 0) is 4.79 Å². The molecule has 0 heterocycles. The molecule has 0 saturated carbocycles. The monoisotopic (exact) mass is 272 g/mol. The molecular formula is C14H28N2O3. The van der Waals surface area contributed by atoms with E-state index in [1.807, 2.05) is 13.8 Å². The molecule has 0 aromatic carbocycles. The Hall–Kier alpha value is -1.26. The zero-order valence-corrected chi connectivity index (χ0v) is 12.4. The Kier molecular flexibility index (Phi) is 9.94. The Bertz CT molecular complexity index is 267. The van der Waals surface area contributed by atoms with Gasteiger partial charge in [0.25, 0.3) is 0 Å². The van der Waals surface area contributed by atoms with Crippen molar-refractivity contribution >= 4 is 12.0 Å². The van der Waals surface area contributed by atoms with Crippen molar-refractivity contribution in [3.63, 3.8) is 0 Å². The fraction of sp³-hybridized carbons (Fsp3) is 0.857. The van der Waals surface area contributed by atoms with Crippen LogP contribution in [0.2, 0.25) is 0 Å². The first-order chi connectivity index (χ1) is 8.99. The molecule has 0 spiro atoms. The summed E-state index contributed by atoms with van der Waals surface area (Å²) in [7, 11) is 0. The molecule has 112 valence electrons. The van der Waals surface area contributed by atoms with Gasteiger partial charge in [0.1, 0.15) is 6.54 Å². The fourth-order valence-electron chi connectivity index (χ4n) is 1.84. The quantitative estimate of drug-likeness (QED) is 0.601. The van der Waals surface area contributed by atoms with Crippen molar-refractivity contribution in [2.45, 2.75) is 65.3 Å². The molecule has 5 nitrogen and oxygen atoms in total. The highest BCUT2D eigenvalue weighted by atomic mass is 16.4. The lowest BCUT2D eigenvalue weighted by Crippen LogP contribution is -2.46. The van der Waals surface area contributed by atoms with Crippen molar-refractivity contribution in [3.05, 3.63) is 0 Å². The summed E-state index contributed by atoms with van der Waals surface area (Å²) in [6.45, 7) is 6.18. The van der Waals surface area contributed by atoms with E-state index in [2.05, 4.69) is 12.2 Å². The van der Waals surface area contributed by atoms with Gasteiger partial charge in [0.15, 0.2) is 0 Å². The number of unbranched alkanes of at least 4 members (excludes halogenated alkanes) is 5. The number of rotatable bonds is 10. The summed E-state index contributed by atoms with van der Waals surface area (Å²) in [4.78, 5) is 23.8. The van der Waals surface area contributed by atoms with Crippen molar-refractivity contribution in [2.24, 2.45) is 0 Å². The number of aliphatic carboxylic acids is 1. The minimum absolute atomic E-state index is 0.111. The van der Waals surface area contributed by atoms with Gasteiger partial charge < -0.3 is 15.3 Å². The van der Waals surface area contributed by atoms with Crippen LogP contribution in [-0.4, -0.2) is 41.1 Å². The first kappa shape index (κ1) is 17.7. The number of hydrogen-bond donors (Lipinski definition) is 2. The van der Waals surface area contributed by atoms with E-state index in [1.165, 1.54) is 30.6 Å². The molecule has 2 N–H and O–H groups in total. The molecule has 5 heteroatoms. The van der Waals surface area contributed by atoms with Crippen LogP contribution in [0.5, 0.6) is 0 Å². The highest BCUT2D eigenvalue weighted by Gasteiger charge is 2.18. The Morgan fingerprint density at radius 3 is 2.21 bits per heavy atom. The summed E-state index contributed by atoms with van der Waals surface area (Å²) < 4.78 is 0. The number of nitrogens with one attached hydrogen (secondary N) is 1.